The minimum Gasteiger partial charge on any atom is -0.378 e. The van der Waals surface area contributed by atoms with E-state index in [1.54, 1.807) is 6.20 Å². The molecule has 0 saturated heterocycles. The molecule has 2 N–H and O–H groups in total. The highest BCUT2D eigenvalue weighted by atomic mass is 15.1. The van der Waals surface area contributed by atoms with E-state index in [2.05, 4.69) is 37.6 Å². The van der Waals surface area contributed by atoms with Gasteiger partial charge in [0, 0.05) is 38.2 Å². The first kappa shape index (κ1) is 13.1. The number of benzene rings is 1. The molecule has 0 saturated carbocycles. The van der Waals surface area contributed by atoms with E-state index in [9.17, 15) is 0 Å². The zero-order valence-corrected chi connectivity index (χ0v) is 11.5. The summed E-state index contributed by atoms with van der Waals surface area (Å²) in [6, 6.07) is 10.0. The largest absolute Gasteiger partial charge is 0.378 e. The number of rotatable bonds is 5. The maximum Gasteiger partial charge on any atom is 0.224 e. The van der Waals surface area contributed by atoms with Crippen LogP contribution in [0.3, 0.4) is 0 Å². The fraction of sp³-hybridized carbons (Fsp3) is 0.286. The summed E-state index contributed by atoms with van der Waals surface area (Å²) in [5.74, 6) is 1.42. The molecule has 2 aromatic rings. The molecule has 0 aliphatic heterocycles. The van der Waals surface area contributed by atoms with Crippen molar-refractivity contribution in [2.75, 3.05) is 36.2 Å². The van der Waals surface area contributed by atoms with Crippen LogP contribution in [0.4, 0.5) is 23.1 Å². The van der Waals surface area contributed by atoms with Crippen molar-refractivity contribution in [1.29, 1.82) is 0 Å². The number of aromatic nitrogens is 2. The molecule has 100 valence electrons. The van der Waals surface area contributed by atoms with Crippen molar-refractivity contribution in [3.05, 3.63) is 36.5 Å². The molecule has 5 nitrogen and oxygen atoms in total. The van der Waals surface area contributed by atoms with Gasteiger partial charge in [-0.1, -0.05) is 0 Å². The van der Waals surface area contributed by atoms with Gasteiger partial charge in [0.05, 0.1) is 0 Å². The van der Waals surface area contributed by atoms with E-state index in [0.29, 0.717) is 5.95 Å². The minimum atomic E-state index is 0.636. The van der Waals surface area contributed by atoms with Gasteiger partial charge in [-0.3, -0.25) is 0 Å². The van der Waals surface area contributed by atoms with Crippen LogP contribution in [0.1, 0.15) is 6.92 Å². The van der Waals surface area contributed by atoms with Crippen molar-refractivity contribution < 1.29 is 0 Å². The lowest BCUT2D eigenvalue weighted by molar-refractivity contribution is 1.09. The van der Waals surface area contributed by atoms with Crippen molar-refractivity contribution in [2.45, 2.75) is 6.92 Å². The first-order chi connectivity index (χ1) is 9.19. The van der Waals surface area contributed by atoms with Gasteiger partial charge in [0.2, 0.25) is 5.95 Å². The van der Waals surface area contributed by atoms with E-state index in [0.717, 1.165) is 18.1 Å². The average Bonchev–Trinajstić information content (AvgIpc) is 2.40. The van der Waals surface area contributed by atoms with Gasteiger partial charge in [-0.15, -0.1) is 0 Å². The molecule has 0 spiro atoms. The fourth-order valence-corrected chi connectivity index (χ4v) is 1.66. The van der Waals surface area contributed by atoms with Crippen molar-refractivity contribution in [3.63, 3.8) is 0 Å². The summed E-state index contributed by atoms with van der Waals surface area (Å²) >= 11 is 0. The van der Waals surface area contributed by atoms with Gasteiger partial charge in [-0.25, -0.2) is 4.98 Å². The highest BCUT2D eigenvalue weighted by Gasteiger charge is 2.00. The van der Waals surface area contributed by atoms with Crippen LogP contribution in [-0.2, 0) is 0 Å². The van der Waals surface area contributed by atoms with E-state index in [-0.39, 0.29) is 0 Å². The van der Waals surface area contributed by atoms with Crippen molar-refractivity contribution >= 4 is 23.1 Å². The summed E-state index contributed by atoms with van der Waals surface area (Å²) < 4.78 is 0. The first-order valence-corrected chi connectivity index (χ1v) is 6.30. The summed E-state index contributed by atoms with van der Waals surface area (Å²) in [5, 5.41) is 6.35. The number of hydrogen-bond donors (Lipinski definition) is 2. The third kappa shape index (κ3) is 3.58. The van der Waals surface area contributed by atoms with E-state index < -0.39 is 0 Å². The maximum atomic E-state index is 4.37. The zero-order valence-electron chi connectivity index (χ0n) is 11.5. The Balaban J connectivity index is 2.10. The zero-order chi connectivity index (χ0) is 13.7. The normalized spacial score (nSPS) is 10.1. The lowest BCUT2D eigenvalue weighted by Gasteiger charge is -2.13. The van der Waals surface area contributed by atoms with Gasteiger partial charge < -0.3 is 15.5 Å². The summed E-state index contributed by atoms with van der Waals surface area (Å²) in [7, 11) is 4.05. The molecule has 0 bridgehead atoms. The number of nitrogens with one attached hydrogen (secondary N) is 2. The van der Waals surface area contributed by atoms with Crippen LogP contribution < -0.4 is 15.5 Å². The van der Waals surface area contributed by atoms with Gasteiger partial charge >= 0.3 is 0 Å². The van der Waals surface area contributed by atoms with E-state index in [1.165, 1.54) is 5.69 Å². The van der Waals surface area contributed by atoms with E-state index in [1.807, 2.05) is 39.2 Å². The Bertz CT molecular complexity index is 522. The summed E-state index contributed by atoms with van der Waals surface area (Å²) in [6.07, 6.45) is 1.74. The topological polar surface area (TPSA) is 53.1 Å². The van der Waals surface area contributed by atoms with E-state index >= 15 is 0 Å². The Morgan fingerprint density at radius 2 is 1.84 bits per heavy atom. The van der Waals surface area contributed by atoms with Crippen LogP contribution >= 0.6 is 0 Å². The highest BCUT2D eigenvalue weighted by molar-refractivity contribution is 5.60. The summed E-state index contributed by atoms with van der Waals surface area (Å²) in [6.45, 7) is 2.82. The molecule has 1 aromatic heterocycles. The van der Waals surface area contributed by atoms with Crippen molar-refractivity contribution in [2.24, 2.45) is 0 Å². The number of anilines is 4. The van der Waals surface area contributed by atoms with E-state index in [4.69, 9.17) is 0 Å². The molecule has 0 aliphatic rings. The maximum absolute atomic E-state index is 4.37. The molecule has 0 fully saturated rings. The Labute approximate surface area is 113 Å². The predicted octanol–water partition coefficient (Wildman–Crippen LogP) is 2.72. The van der Waals surface area contributed by atoms with Crippen molar-refractivity contribution in [1.82, 2.24) is 9.97 Å². The SMILES string of the molecule is CCNc1nccc(Nc2ccc(N(C)C)cc2)n1. The van der Waals surface area contributed by atoms with Gasteiger partial charge in [0.15, 0.2) is 0 Å². The van der Waals surface area contributed by atoms with Crippen LogP contribution in [0.15, 0.2) is 36.5 Å². The lowest BCUT2D eigenvalue weighted by Crippen LogP contribution is -2.08. The van der Waals surface area contributed by atoms with Crippen LogP contribution in [-0.4, -0.2) is 30.6 Å². The fourth-order valence-electron chi connectivity index (χ4n) is 1.66. The van der Waals surface area contributed by atoms with Crippen LogP contribution in [0.25, 0.3) is 0 Å². The van der Waals surface area contributed by atoms with Gasteiger partial charge in [-0.2, -0.15) is 4.98 Å². The predicted molar refractivity (Wildman–Crippen MR) is 80.2 cm³/mol. The summed E-state index contributed by atoms with van der Waals surface area (Å²) in [4.78, 5) is 10.6. The first-order valence-electron chi connectivity index (χ1n) is 6.30. The van der Waals surface area contributed by atoms with Crippen LogP contribution in [0.2, 0.25) is 0 Å². The van der Waals surface area contributed by atoms with Gasteiger partial charge in [0.1, 0.15) is 5.82 Å². The van der Waals surface area contributed by atoms with Crippen LogP contribution in [0, 0.1) is 0 Å². The molecule has 0 unspecified atom stereocenters. The monoisotopic (exact) mass is 257 g/mol. The standard InChI is InChI=1S/C14H19N5/c1-4-15-14-16-10-9-13(18-14)17-11-5-7-12(8-6-11)19(2)3/h5-10H,4H2,1-3H3,(H2,15,16,17,18). The van der Waals surface area contributed by atoms with Crippen molar-refractivity contribution in [3.8, 4) is 0 Å². The molecule has 0 aliphatic carbocycles. The molecule has 19 heavy (non-hydrogen) atoms. The molecule has 0 atom stereocenters. The minimum absolute atomic E-state index is 0.636. The average molecular weight is 257 g/mol. The smallest absolute Gasteiger partial charge is 0.224 e. The molecule has 0 radical (unpaired) electrons. The Hall–Kier alpha value is -2.30. The molecule has 5 heteroatoms. The molecule has 1 aromatic carbocycles. The number of hydrogen-bond acceptors (Lipinski definition) is 5. The molecule has 1 heterocycles. The third-order valence-corrected chi connectivity index (χ3v) is 2.65. The Kier molecular flexibility index (Phi) is 4.18. The third-order valence-electron chi connectivity index (χ3n) is 2.65. The second-order valence-corrected chi connectivity index (χ2v) is 4.36. The Morgan fingerprint density at radius 3 is 2.47 bits per heavy atom. The molecular formula is C14H19N5. The molecular weight excluding hydrogens is 238 g/mol. The quantitative estimate of drug-likeness (QED) is 0.862. The molecule has 2 rings (SSSR count). The second-order valence-electron chi connectivity index (χ2n) is 4.36. The lowest BCUT2D eigenvalue weighted by atomic mass is 10.2. The second kappa shape index (κ2) is 6.04. The Morgan fingerprint density at radius 1 is 1.11 bits per heavy atom. The van der Waals surface area contributed by atoms with Gasteiger partial charge in [0.25, 0.3) is 0 Å². The number of nitrogens with zero attached hydrogens (tertiary/aromatic N) is 3. The molecule has 0 amide bonds. The highest BCUT2D eigenvalue weighted by Crippen LogP contribution is 2.19. The van der Waals surface area contributed by atoms with Gasteiger partial charge in [-0.05, 0) is 37.3 Å². The summed E-state index contributed by atoms with van der Waals surface area (Å²) in [5.41, 5.74) is 2.17. The van der Waals surface area contributed by atoms with Crippen LogP contribution in [0.5, 0.6) is 0 Å².